The Morgan fingerprint density at radius 1 is 0.968 bits per heavy atom. The molecule has 7 heteroatoms. The number of para-hydroxylation sites is 2. The lowest BCUT2D eigenvalue weighted by Gasteiger charge is -2.14. The van der Waals surface area contributed by atoms with Crippen molar-refractivity contribution in [3.8, 4) is 17.2 Å². The number of aliphatic hydroxyl groups excluding tert-OH is 1. The maximum atomic E-state index is 13.3. The average Bonchev–Trinajstić information content (AvgIpc) is 3.17. The lowest BCUT2D eigenvalue weighted by atomic mass is 10.1. The number of hydrogen-bond donors (Lipinski definition) is 3. The molecule has 0 bridgehead atoms. The predicted octanol–water partition coefficient (Wildman–Crippen LogP) is 3.88. The van der Waals surface area contributed by atoms with Crippen molar-refractivity contribution in [2.45, 2.75) is 6.10 Å². The summed E-state index contributed by atoms with van der Waals surface area (Å²) in [6.45, 7) is 1.28. The smallest absolute Gasteiger partial charge is 0.164 e. The molecule has 1 heterocycles. The van der Waals surface area contributed by atoms with E-state index in [9.17, 15) is 9.50 Å². The number of halogens is 1. The maximum absolute atomic E-state index is 13.3. The van der Waals surface area contributed by atoms with Gasteiger partial charge in [-0.25, -0.2) is 4.39 Å². The molecule has 0 radical (unpaired) electrons. The van der Waals surface area contributed by atoms with Crippen LogP contribution >= 0.6 is 0 Å². The van der Waals surface area contributed by atoms with Crippen LogP contribution in [0.4, 0.5) is 4.39 Å². The number of H-pyrrole nitrogens is 1. The summed E-state index contributed by atoms with van der Waals surface area (Å²) in [5.74, 6) is 1.14. The minimum Gasteiger partial charge on any atom is -0.493 e. The molecule has 0 spiro atoms. The van der Waals surface area contributed by atoms with Gasteiger partial charge in [-0.15, -0.1) is 0 Å². The molecule has 3 aromatic carbocycles. The Morgan fingerprint density at radius 3 is 2.68 bits per heavy atom. The molecule has 0 saturated carbocycles. The minimum absolute atomic E-state index is 0.153. The van der Waals surface area contributed by atoms with Gasteiger partial charge < -0.3 is 29.6 Å². The average molecular weight is 424 g/mol. The molecule has 0 aliphatic heterocycles. The van der Waals surface area contributed by atoms with Crippen molar-refractivity contribution in [3.63, 3.8) is 0 Å². The van der Waals surface area contributed by atoms with E-state index in [0.29, 0.717) is 36.9 Å². The van der Waals surface area contributed by atoms with Gasteiger partial charge in [0.2, 0.25) is 0 Å². The number of aromatic amines is 1. The summed E-state index contributed by atoms with van der Waals surface area (Å²) in [4.78, 5) is 3.38. The van der Waals surface area contributed by atoms with Crippen LogP contribution in [0.2, 0.25) is 0 Å². The van der Waals surface area contributed by atoms with Gasteiger partial charge in [0.1, 0.15) is 30.9 Å². The van der Waals surface area contributed by atoms with E-state index >= 15 is 0 Å². The number of ether oxygens (including phenoxy) is 3. The number of fused-ring (bicyclic) bond motifs is 3. The Balaban J connectivity index is 1.25. The van der Waals surface area contributed by atoms with Crippen LogP contribution in [-0.2, 0) is 0 Å². The second-order valence-corrected chi connectivity index (χ2v) is 7.16. The van der Waals surface area contributed by atoms with Crippen LogP contribution < -0.4 is 19.5 Å². The first kappa shape index (κ1) is 21.0. The lowest BCUT2D eigenvalue weighted by molar-refractivity contribution is 0.106. The van der Waals surface area contributed by atoms with Crippen LogP contribution in [0.5, 0.6) is 17.2 Å². The van der Waals surface area contributed by atoms with Crippen molar-refractivity contribution < 1.29 is 23.7 Å². The molecule has 0 saturated heterocycles. The summed E-state index contributed by atoms with van der Waals surface area (Å²) in [5.41, 5.74) is 1.96. The highest BCUT2D eigenvalue weighted by Gasteiger charge is 2.11. The van der Waals surface area contributed by atoms with E-state index in [1.165, 1.54) is 25.3 Å². The van der Waals surface area contributed by atoms with Gasteiger partial charge >= 0.3 is 0 Å². The Hall–Kier alpha value is -3.29. The second kappa shape index (κ2) is 9.68. The van der Waals surface area contributed by atoms with Crippen molar-refractivity contribution >= 4 is 21.8 Å². The normalized spacial score (nSPS) is 12.2. The molecule has 31 heavy (non-hydrogen) atoms. The Kier molecular flexibility index (Phi) is 6.54. The van der Waals surface area contributed by atoms with E-state index in [0.717, 1.165) is 21.8 Å². The van der Waals surface area contributed by atoms with Gasteiger partial charge in [-0.1, -0.05) is 30.3 Å². The van der Waals surface area contributed by atoms with Crippen molar-refractivity contribution in [1.29, 1.82) is 0 Å². The summed E-state index contributed by atoms with van der Waals surface area (Å²) >= 11 is 0. The fourth-order valence-corrected chi connectivity index (χ4v) is 3.48. The number of aromatic nitrogens is 1. The van der Waals surface area contributed by atoms with Crippen LogP contribution in [-0.4, -0.2) is 49.6 Å². The first-order valence-corrected chi connectivity index (χ1v) is 10.1. The molecule has 1 atom stereocenters. The fourth-order valence-electron chi connectivity index (χ4n) is 3.48. The molecule has 6 nitrogen and oxygen atoms in total. The quantitative estimate of drug-likeness (QED) is 0.337. The third kappa shape index (κ3) is 4.90. The SMILES string of the molecule is COc1ccc(F)cc1OCCNCC(O)COc1cccc2c1[nH]c1ccccc12. The van der Waals surface area contributed by atoms with Crippen LogP contribution in [0.1, 0.15) is 0 Å². The summed E-state index contributed by atoms with van der Waals surface area (Å²) in [5, 5.41) is 15.6. The van der Waals surface area contributed by atoms with Crippen LogP contribution in [0, 0.1) is 5.82 Å². The van der Waals surface area contributed by atoms with Gasteiger partial charge in [-0.3, -0.25) is 0 Å². The highest BCUT2D eigenvalue weighted by Crippen LogP contribution is 2.31. The monoisotopic (exact) mass is 424 g/mol. The second-order valence-electron chi connectivity index (χ2n) is 7.16. The largest absolute Gasteiger partial charge is 0.493 e. The summed E-state index contributed by atoms with van der Waals surface area (Å²) in [7, 11) is 1.50. The molecule has 0 fully saturated rings. The molecule has 0 aliphatic rings. The maximum Gasteiger partial charge on any atom is 0.164 e. The summed E-state index contributed by atoms with van der Waals surface area (Å²) in [6.07, 6.45) is -0.691. The Bertz CT molecular complexity index is 1160. The van der Waals surface area contributed by atoms with Gasteiger partial charge in [0.25, 0.3) is 0 Å². The molecule has 0 amide bonds. The van der Waals surface area contributed by atoms with Crippen molar-refractivity contribution in [2.24, 2.45) is 0 Å². The highest BCUT2D eigenvalue weighted by molar-refractivity contribution is 6.09. The van der Waals surface area contributed by atoms with Gasteiger partial charge in [-0.2, -0.15) is 0 Å². The summed E-state index contributed by atoms with van der Waals surface area (Å²) < 4.78 is 29.9. The van der Waals surface area contributed by atoms with E-state index in [-0.39, 0.29) is 12.4 Å². The molecular formula is C24H25FN2O4. The zero-order valence-corrected chi connectivity index (χ0v) is 17.2. The molecule has 162 valence electrons. The number of rotatable bonds is 10. The van der Waals surface area contributed by atoms with Crippen LogP contribution in [0.3, 0.4) is 0 Å². The number of aliphatic hydroxyl groups is 1. The Morgan fingerprint density at radius 2 is 1.81 bits per heavy atom. The van der Waals surface area contributed by atoms with Gasteiger partial charge in [0.05, 0.1) is 12.6 Å². The van der Waals surface area contributed by atoms with Crippen molar-refractivity contribution in [3.05, 3.63) is 66.5 Å². The van der Waals surface area contributed by atoms with Gasteiger partial charge in [0.15, 0.2) is 11.5 Å². The molecule has 4 rings (SSSR count). The molecule has 1 unspecified atom stereocenters. The molecular weight excluding hydrogens is 399 g/mol. The van der Waals surface area contributed by atoms with E-state index in [1.807, 2.05) is 36.4 Å². The topological polar surface area (TPSA) is 75.7 Å². The zero-order chi connectivity index (χ0) is 21.6. The Labute approximate surface area is 179 Å². The molecule has 3 N–H and O–H groups in total. The van der Waals surface area contributed by atoms with Crippen molar-refractivity contribution in [2.75, 3.05) is 33.4 Å². The molecule has 1 aromatic heterocycles. The van der Waals surface area contributed by atoms with E-state index in [2.05, 4.69) is 16.4 Å². The number of methoxy groups -OCH3 is 1. The summed E-state index contributed by atoms with van der Waals surface area (Å²) in [6, 6.07) is 18.1. The zero-order valence-electron chi connectivity index (χ0n) is 17.2. The van der Waals surface area contributed by atoms with E-state index < -0.39 is 6.10 Å². The van der Waals surface area contributed by atoms with Crippen molar-refractivity contribution in [1.82, 2.24) is 10.3 Å². The number of nitrogens with one attached hydrogen (secondary N) is 2. The third-order valence-electron chi connectivity index (χ3n) is 4.98. The van der Waals surface area contributed by atoms with Gasteiger partial charge in [-0.05, 0) is 24.3 Å². The first-order chi connectivity index (χ1) is 15.2. The first-order valence-electron chi connectivity index (χ1n) is 10.1. The van der Waals surface area contributed by atoms with E-state index in [4.69, 9.17) is 14.2 Å². The third-order valence-corrected chi connectivity index (χ3v) is 4.98. The lowest BCUT2D eigenvalue weighted by Crippen LogP contribution is -2.33. The van der Waals surface area contributed by atoms with Crippen LogP contribution in [0.25, 0.3) is 21.8 Å². The highest BCUT2D eigenvalue weighted by atomic mass is 19.1. The predicted molar refractivity (Wildman–Crippen MR) is 119 cm³/mol. The fraction of sp³-hybridized carbons (Fsp3) is 0.250. The van der Waals surface area contributed by atoms with Gasteiger partial charge in [0, 0.05) is 35.4 Å². The number of benzene rings is 3. The minimum atomic E-state index is -0.691. The van der Waals surface area contributed by atoms with Crippen LogP contribution in [0.15, 0.2) is 60.7 Å². The standard InChI is InChI=1S/C24H25FN2O4/c1-29-21-10-9-16(25)13-23(21)30-12-11-26-14-17(28)15-31-22-8-4-6-19-18-5-2-3-7-20(18)27-24(19)22/h2-10,13,17,26-28H,11-12,14-15H2,1H3. The molecule has 0 aliphatic carbocycles. The molecule has 4 aromatic rings. The number of hydrogen-bond acceptors (Lipinski definition) is 5. The van der Waals surface area contributed by atoms with E-state index in [1.54, 1.807) is 0 Å².